The van der Waals surface area contributed by atoms with Crippen molar-refractivity contribution in [3.05, 3.63) is 87.8 Å². The van der Waals surface area contributed by atoms with E-state index in [1.165, 1.54) is 41.4 Å². The Labute approximate surface area is 234 Å². The molecule has 40 heavy (non-hydrogen) atoms. The van der Waals surface area contributed by atoms with E-state index in [0.717, 1.165) is 73.2 Å². The standard InChI is InChI=1S/C31H36F3N3O2S/c1-21(23-9-3-2-4-10-23)36-40(38,39)17-16-29-27-13-6-5-11-24(18-22-8-7-12-25(32)19-22)31(27)37(35-29)30-15-14-26(33)20-28(30)34/h7-8,12,14-17,19-21,23-24,36H,2-6,9-11,13,18H2,1H3/b17-16+/t21-,24?/m1/s1. The molecule has 0 radical (unpaired) electrons. The number of nitrogens with one attached hydrogen (secondary N) is 1. The molecule has 1 N–H and O–H groups in total. The first-order valence-corrected chi connectivity index (χ1v) is 15.8. The molecule has 0 spiro atoms. The van der Waals surface area contributed by atoms with Gasteiger partial charge in [-0.2, -0.15) is 5.10 Å². The van der Waals surface area contributed by atoms with Crippen LogP contribution in [0.1, 0.15) is 86.7 Å². The summed E-state index contributed by atoms with van der Waals surface area (Å²) >= 11 is 0. The summed E-state index contributed by atoms with van der Waals surface area (Å²) in [4.78, 5) is 0. The number of nitrogens with zero attached hydrogens (tertiary/aromatic N) is 2. The second-order valence-electron chi connectivity index (χ2n) is 11.2. The third-order valence-corrected chi connectivity index (χ3v) is 9.49. The van der Waals surface area contributed by atoms with Crippen molar-refractivity contribution in [2.45, 2.75) is 83.1 Å². The van der Waals surface area contributed by atoms with Crippen LogP contribution in [-0.4, -0.2) is 24.2 Å². The van der Waals surface area contributed by atoms with Gasteiger partial charge in [-0.1, -0.05) is 37.8 Å². The van der Waals surface area contributed by atoms with Crippen LogP contribution in [0.25, 0.3) is 11.8 Å². The molecule has 1 saturated carbocycles. The zero-order valence-corrected chi connectivity index (χ0v) is 23.6. The Kier molecular flexibility index (Phi) is 8.80. The summed E-state index contributed by atoms with van der Waals surface area (Å²) in [5.74, 6) is -1.57. The van der Waals surface area contributed by atoms with E-state index in [4.69, 9.17) is 0 Å². The summed E-state index contributed by atoms with van der Waals surface area (Å²) in [6, 6.07) is 9.59. The maximum Gasteiger partial charge on any atom is 0.234 e. The first kappa shape index (κ1) is 28.6. The number of sulfonamides is 1. The molecule has 1 aromatic heterocycles. The summed E-state index contributed by atoms with van der Waals surface area (Å²) in [6.07, 6.45) is 10.6. The molecule has 9 heteroatoms. The lowest BCUT2D eigenvalue weighted by molar-refractivity contribution is 0.303. The lowest BCUT2D eigenvalue weighted by Crippen LogP contribution is -2.37. The van der Waals surface area contributed by atoms with Crippen LogP contribution in [0.2, 0.25) is 0 Å². The highest BCUT2D eigenvalue weighted by atomic mass is 32.2. The largest absolute Gasteiger partial charge is 0.234 e. The molecule has 0 amide bonds. The lowest BCUT2D eigenvalue weighted by Gasteiger charge is -2.27. The minimum absolute atomic E-state index is 0.0929. The molecule has 2 atom stereocenters. The minimum atomic E-state index is -3.75. The molecule has 2 aliphatic rings. The quantitative estimate of drug-likeness (QED) is 0.291. The molecule has 3 aromatic rings. The van der Waals surface area contributed by atoms with Gasteiger partial charge in [0.1, 0.15) is 17.3 Å². The highest BCUT2D eigenvalue weighted by molar-refractivity contribution is 7.92. The monoisotopic (exact) mass is 571 g/mol. The van der Waals surface area contributed by atoms with Gasteiger partial charge >= 0.3 is 0 Å². The van der Waals surface area contributed by atoms with E-state index in [2.05, 4.69) is 9.82 Å². The molecule has 0 saturated heterocycles. The third kappa shape index (κ3) is 6.69. The molecular weight excluding hydrogens is 535 g/mol. The van der Waals surface area contributed by atoms with Gasteiger partial charge in [0, 0.05) is 29.0 Å². The Morgan fingerprint density at radius 1 is 1.00 bits per heavy atom. The van der Waals surface area contributed by atoms with Crippen LogP contribution in [0.4, 0.5) is 13.2 Å². The van der Waals surface area contributed by atoms with Gasteiger partial charge in [0.15, 0.2) is 5.82 Å². The van der Waals surface area contributed by atoms with Crippen molar-refractivity contribution in [2.75, 3.05) is 0 Å². The number of halogens is 3. The van der Waals surface area contributed by atoms with Gasteiger partial charge in [0.05, 0.1) is 11.4 Å². The summed E-state index contributed by atoms with van der Waals surface area (Å²) in [5.41, 5.74) is 2.95. The highest BCUT2D eigenvalue weighted by Gasteiger charge is 2.29. The van der Waals surface area contributed by atoms with E-state index in [-0.39, 0.29) is 23.5 Å². The highest BCUT2D eigenvalue weighted by Crippen LogP contribution is 2.37. The molecular formula is C31H36F3N3O2S. The van der Waals surface area contributed by atoms with Crippen molar-refractivity contribution >= 4 is 16.1 Å². The Morgan fingerprint density at radius 3 is 2.50 bits per heavy atom. The van der Waals surface area contributed by atoms with Crippen molar-refractivity contribution in [1.29, 1.82) is 0 Å². The van der Waals surface area contributed by atoms with E-state index in [1.807, 2.05) is 13.0 Å². The zero-order valence-electron chi connectivity index (χ0n) is 22.8. The predicted molar refractivity (Wildman–Crippen MR) is 151 cm³/mol. The average Bonchev–Trinajstić information content (AvgIpc) is 3.14. The van der Waals surface area contributed by atoms with E-state index in [9.17, 15) is 17.2 Å². The second-order valence-corrected chi connectivity index (χ2v) is 12.8. The third-order valence-electron chi connectivity index (χ3n) is 8.29. The molecule has 1 fully saturated rings. The number of benzene rings is 2. The average molecular weight is 572 g/mol. The first-order chi connectivity index (χ1) is 19.2. The molecule has 0 bridgehead atoms. The maximum absolute atomic E-state index is 15.0. The number of rotatable bonds is 8. The molecule has 1 unspecified atom stereocenters. The first-order valence-electron chi connectivity index (χ1n) is 14.2. The van der Waals surface area contributed by atoms with Gasteiger partial charge in [-0.15, -0.1) is 0 Å². The summed E-state index contributed by atoms with van der Waals surface area (Å²) in [7, 11) is -3.75. The van der Waals surface area contributed by atoms with E-state index in [1.54, 1.807) is 6.07 Å². The van der Waals surface area contributed by atoms with Crippen LogP contribution >= 0.6 is 0 Å². The number of hydrogen-bond donors (Lipinski definition) is 1. The molecule has 2 aromatic carbocycles. The zero-order chi connectivity index (χ0) is 28.3. The number of aromatic nitrogens is 2. The van der Waals surface area contributed by atoms with Gasteiger partial charge in [0.2, 0.25) is 10.0 Å². The van der Waals surface area contributed by atoms with Crippen LogP contribution in [0.15, 0.2) is 47.9 Å². The lowest BCUT2D eigenvalue weighted by atomic mass is 9.85. The van der Waals surface area contributed by atoms with Crippen molar-refractivity contribution in [3.63, 3.8) is 0 Å². The molecule has 214 valence electrons. The van der Waals surface area contributed by atoms with E-state index >= 15 is 4.39 Å². The molecule has 0 aliphatic heterocycles. The predicted octanol–water partition coefficient (Wildman–Crippen LogP) is 7.20. The molecule has 5 nitrogen and oxygen atoms in total. The van der Waals surface area contributed by atoms with Crippen molar-refractivity contribution in [1.82, 2.24) is 14.5 Å². The Bertz CT molecular complexity index is 1480. The second kappa shape index (κ2) is 12.3. The summed E-state index contributed by atoms with van der Waals surface area (Å²) < 4.78 is 73.2. The number of hydrogen-bond acceptors (Lipinski definition) is 3. The fourth-order valence-corrected chi connectivity index (χ4v) is 7.38. The van der Waals surface area contributed by atoms with Gasteiger partial charge in [-0.3, -0.25) is 0 Å². The van der Waals surface area contributed by atoms with Crippen LogP contribution < -0.4 is 4.72 Å². The summed E-state index contributed by atoms with van der Waals surface area (Å²) in [5, 5.41) is 5.82. The smallest absolute Gasteiger partial charge is 0.234 e. The Morgan fingerprint density at radius 2 is 1.75 bits per heavy atom. The minimum Gasteiger partial charge on any atom is -0.234 e. The van der Waals surface area contributed by atoms with Crippen molar-refractivity contribution in [2.24, 2.45) is 5.92 Å². The Hall–Kier alpha value is -2.91. The molecule has 1 heterocycles. The topological polar surface area (TPSA) is 64.0 Å². The maximum atomic E-state index is 15.0. The van der Waals surface area contributed by atoms with Crippen LogP contribution in [0.5, 0.6) is 0 Å². The van der Waals surface area contributed by atoms with Crippen LogP contribution in [-0.2, 0) is 22.9 Å². The molecule has 5 rings (SSSR count). The number of fused-ring (bicyclic) bond motifs is 1. The van der Waals surface area contributed by atoms with Gasteiger partial charge < -0.3 is 0 Å². The fourth-order valence-electron chi connectivity index (χ4n) is 6.29. The van der Waals surface area contributed by atoms with E-state index in [0.29, 0.717) is 24.5 Å². The van der Waals surface area contributed by atoms with E-state index < -0.39 is 21.7 Å². The van der Waals surface area contributed by atoms with Crippen LogP contribution in [0, 0.1) is 23.4 Å². The van der Waals surface area contributed by atoms with Crippen LogP contribution in [0.3, 0.4) is 0 Å². The summed E-state index contributed by atoms with van der Waals surface area (Å²) in [6.45, 7) is 1.91. The van der Waals surface area contributed by atoms with Gasteiger partial charge in [-0.25, -0.2) is 31.0 Å². The molecule has 2 aliphatic carbocycles. The van der Waals surface area contributed by atoms with Gasteiger partial charge in [0.25, 0.3) is 0 Å². The normalized spacial score (nSPS) is 19.4. The fraction of sp³-hybridized carbons (Fsp3) is 0.452. The van der Waals surface area contributed by atoms with Crippen molar-refractivity contribution < 1.29 is 21.6 Å². The SMILES string of the molecule is C[C@@H](NS(=O)(=O)/C=C/c1nn(-c2ccc(F)cc2F)c2c1CCCCC2Cc1cccc(F)c1)C1CCCCC1. The van der Waals surface area contributed by atoms with Gasteiger partial charge in [-0.05, 0) is 87.3 Å². The Balaban J connectivity index is 1.52. The van der Waals surface area contributed by atoms with Crippen molar-refractivity contribution in [3.8, 4) is 5.69 Å².